The van der Waals surface area contributed by atoms with Crippen molar-refractivity contribution in [1.29, 1.82) is 0 Å². The van der Waals surface area contributed by atoms with E-state index in [1.807, 2.05) is 6.92 Å². The number of rotatable bonds is 3. The van der Waals surface area contributed by atoms with Crippen molar-refractivity contribution in [2.75, 3.05) is 7.11 Å². The van der Waals surface area contributed by atoms with Crippen molar-refractivity contribution in [3.05, 3.63) is 23.3 Å². The molecule has 4 nitrogen and oxygen atoms in total. The molecule has 0 fully saturated rings. The van der Waals surface area contributed by atoms with Crippen molar-refractivity contribution < 1.29 is 19.7 Å². The number of phenols is 2. The molecular weight excluding hydrogens is 196 g/mol. The number of hydrogen-bond acceptors (Lipinski definition) is 4. The fraction of sp³-hybridized carbons (Fsp3) is 0.364. The van der Waals surface area contributed by atoms with Gasteiger partial charge in [0.15, 0.2) is 0 Å². The lowest BCUT2D eigenvalue weighted by Gasteiger charge is -2.10. The highest BCUT2D eigenvalue weighted by atomic mass is 16.5. The van der Waals surface area contributed by atoms with Crippen molar-refractivity contribution in [3.8, 4) is 11.5 Å². The number of phenolic OH excluding ortho intramolecular Hbond substituents is 2. The van der Waals surface area contributed by atoms with Crippen LogP contribution in [0.4, 0.5) is 0 Å². The van der Waals surface area contributed by atoms with Crippen LogP contribution in [0.1, 0.15) is 29.3 Å². The van der Waals surface area contributed by atoms with Gasteiger partial charge in [-0.3, -0.25) is 0 Å². The lowest BCUT2D eigenvalue weighted by Crippen LogP contribution is -2.06. The van der Waals surface area contributed by atoms with Gasteiger partial charge in [0.05, 0.1) is 7.11 Å². The minimum atomic E-state index is -0.633. The van der Waals surface area contributed by atoms with Gasteiger partial charge >= 0.3 is 5.97 Å². The largest absolute Gasteiger partial charge is 0.508 e. The zero-order chi connectivity index (χ0) is 11.4. The third-order valence-corrected chi connectivity index (χ3v) is 2.16. The summed E-state index contributed by atoms with van der Waals surface area (Å²) in [5.74, 6) is -0.787. The first-order valence-corrected chi connectivity index (χ1v) is 4.74. The van der Waals surface area contributed by atoms with Crippen LogP contribution in [0, 0.1) is 0 Å². The smallest absolute Gasteiger partial charge is 0.342 e. The van der Waals surface area contributed by atoms with E-state index in [9.17, 15) is 15.0 Å². The summed E-state index contributed by atoms with van der Waals surface area (Å²) in [6.07, 6.45) is 1.28. The molecule has 2 N–H and O–H groups in total. The number of carbonyl (C=O) groups is 1. The van der Waals surface area contributed by atoms with E-state index in [0.29, 0.717) is 12.0 Å². The Kier molecular flexibility index (Phi) is 3.55. The topological polar surface area (TPSA) is 66.8 Å². The molecule has 0 aliphatic heterocycles. The SMILES string of the molecule is CCCc1c(O)ccc(O)c1C(=O)OC. The van der Waals surface area contributed by atoms with E-state index in [1.165, 1.54) is 19.2 Å². The molecule has 1 aromatic rings. The second-order valence-corrected chi connectivity index (χ2v) is 3.20. The van der Waals surface area contributed by atoms with Crippen molar-refractivity contribution in [2.24, 2.45) is 0 Å². The van der Waals surface area contributed by atoms with Gasteiger partial charge in [0.1, 0.15) is 17.1 Å². The number of methoxy groups -OCH3 is 1. The average molecular weight is 210 g/mol. The molecule has 0 radical (unpaired) electrons. The first-order valence-electron chi connectivity index (χ1n) is 4.74. The van der Waals surface area contributed by atoms with Crippen LogP contribution in [-0.2, 0) is 11.2 Å². The number of esters is 1. The molecule has 1 aromatic carbocycles. The second-order valence-electron chi connectivity index (χ2n) is 3.20. The van der Waals surface area contributed by atoms with Gasteiger partial charge in [-0.25, -0.2) is 4.79 Å². The molecular formula is C11H14O4. The Labute approximate surface area is 88.1 Å². The van der Waals surface area contributed by atoms with Gasteiger partial charge in [-0.1, -0.05) is 13.3 Å². The molecule has 0 aliphatic carbocycles. The zero-order valence-corrected chi connectivity index (χ0v) is 8.78. The van der Waals surface area contributed by atoms with Crippen molar-refractivity contribution in [3.63, 3.8) is 0 Å². The van der Waals surface area contributed by atoms with E-state index in [0.717, 1.165) is 6.42 Å². The highest BCUT2D eigenvalue weighted by Crippen LogP contribution is 2.30. The fourth-order valence-electron chi connectivity index (χ4n) is 1.46. The monoisotopic (exact) mass is 210 g/mol. The molecule has 0 aromatic heterocycles. The van der Waals surface area contributed by atoms with Crippen molar-refractivity contribution >= 4 is 5.97 Å². The Morgan fingerprint density at radius 3 is 2.47 bits per heavy atom. The predicted octanol–water partition coefficient (Wildman–Crippen LogP) is 1.84. The van der Waals surface area contributed by atoms with Crippen LogP contribution in [0.3, 0.4) is 0 Å². The van der Waals surface area contributed by atoms with E-state index >= 15 is 0 Å². The molecule has 0 bridgehead atoms. The summed E-state index contributed by atoms with van der Waals surface area (Å²) in [6, 6.07) is 2.65. The summed E-state index contributed by atoms with van der Waals surface area (Å²) >= 11 is 0. The standard InChI is InChI=1S/C11H14O4/c1-3-4-7-8(12)5-6-9(13)10(7)11(14)15-2/h5-6,12-13H,3-4H2,1-2H3. The Balaban J connectivity index is 3.31. The summed E-state index contributed by atoms with van der Waals surface area (Å²) in [5, 5.41) is 19.1. The van der Waals surface area contributed by atoms with Gasteiger partial charge in [0.2, 0.25) is 0 Å². The molecule has 0 saturated carbocycles. The summed E-state index contributed by atoms with van der Waals surface area (Å²) in [4.78, 5) is 11.4. The third-order valence-electron chi connectivity index (χ3n) is 2.16. The first-order chi connectivity index (χ1) is 7.11. The molecule has 0 spiro atoms. The van der Waals surface area contributed by atoms with Crippen LogP contribution in [-0.4, -0.2) is 23.3 Å². The molecule has 1 rings (SSSR count). The number of hydrogen-bond donors (Lipinski definition) is 2. The molecule has 0 atom stereocenters. The van der Waals surface area contributed by atoms with E-state index < -0.39 is 5.97 Å². The van der Waals surface area contributed by atoms with Crippen molar-refractivity contribution in [1.82, 2.24) is 0 Å². The molecule has 0 heterocycles. The minimum Gasteiger partial charge on any atom is -0.508 e. The molecule has 0 saturated heterocycles. The molecule has 4 heteroatoms. The van der Waals surface area contributed by atoms with Gasteiger partial charge in [-0.15, -0.1) is 0 Å². The van der Waals surface area contributed by atoms with Crippen LogP contribution in [0.15, 0.2) is 12.1 Å². The number of carbonyl (C=O) groups excluding carboxylic acids is 1. The highest BCUT2D eigenvalue weighted by Gasteiger charge is 2.19. The Bertz CT molecular complexity index is 371. The average Bonchev–Trinajstić information content (AvgIpc) is 2.23. The molecule has 15 heavy (non-hydrogen) atoms. The highest BCUT2D eigenvalue weighted by molar-refractivity contribution is 5.94. The quantitative estimate of drug-likeness (QED) is 0.590. The van der Waals surface area contributed by atoms with Crippen LogP contribution >= 0.6 is 0 Å². The fourth-order valence-corrected chi connectivity index (χ4v) is 1.46. The van der Waals surface area contributed by atoms with E-state index in [1.54, 1.807) is 0 Å². The van der Waals surface area contributed by atoms with Gasteiger partial charge in [0, 0.05) is 5.56 Å². The summed E-state index contributed by atoms with van der Waals surface area (Å²) in [7, 11) is 1.24. The van der Waals surface area contributed by atoms with E-state index in [-0.39, 0.29) is 17.1 Å². The maximum absolute atomic E-state index is 11.4. The van der Waals surface area contributed by atoms with Crippen molar-refractivity contribution in [2.45, 2.75) is 19.8 Å². The number of benzene rings is 1. The third kappa shape index (κ3) is 2.21. The normalized spacial score (nSPS) is 10.0. The van der Waals surface area contributed by atoms with Gasteiger partial charge in [-0.05, 0) is 18.6 Å². The number of ether oxygens (including phenoxy) is 1. The van der Waals surface area contributed by atoms with Gasteiger partial charge in [0.25, 0.3) is 0 Å². The van der Waals surface area contributed by atoms with Gasteiger partial charge < -0.3 is 14.9 Å². The van der Waals surface area contributed by atoms with Gasteiger partial charge in [-0.2, -0.15) is 0 Å². The Morgan fingerprint density at radius 2 is 1.93 bits per heavy atom. The zero-order valence-electron chi connectivity index (χ0n) is 8.78. The number of aromatic hydroxyl groups is 2. The van der Waals surface area contributed by atoms with E-state index in [2.05, 4.69) is 4.74 Å². The molecule has 0 unspecified atom stereocenters. The summed E-state index contributed by atoms with van der Waals surface area (Å²) < 4.78 is 4.55. The lowest BCUT2D eigenvalue weighted by molar-refractivity contribution is 0.0595. The maximum atomic E-state index is 11.4. The Hall–Kier alpha value is -1.71. The summed E-state index contributed by atoms with van der Waals surface area (Å²) in [6.45, 7) is 1.92. The maximum Gasteiger partial charge on any atom is 0.342 e. The first kappa shape index (κ1) is 11.4. The molecule has 0 aliphatic rings. The minimum absolute atomic E-state index is 0.00931. The molecule has 82 valence electrons. The molecule has 0 amide bonds. The summed E-state index contributed by atoms with van der Waals surface area (Å²) in [5.41, 5.74) is 0.490. The predicted molar refractivity (Wildman–Crippen MR) is 55.1 cm³/mol. The Morgan fingerprint density at radius 1 is 1.33 bits per heavy atom. The van der Waals surface area contributed by atoms with Crippen LogP contribution in [0.25, 0.3) is 0 Å². The van der Waals surface area contributed by atoms with E-state index in [4.69, 9.17) is 0 Å². The second kappa shape index (κ2) is 4.68. The lowest BCUT2D eigenvalue weighted by atomic mass is 10.0. The van der Waals surface area contributed by atoms with Crippen LogP contribution in [0.5, 0.6) is 11.5 Å². The van der Waals surface area contributed by atoms with Crippen LogP contribution in [0.2, 0.25) is 0 Å². The van der Waals surface area contributed by atoms with Crippen LogP contribution < -0.4 is 0 Å².